The van der Waals surface area contributed by atoms with Crippen LogP contribution in [0.3, 0.4) is 0 Å². The van der Waals surface area contributed by atoms with Gasteiger partial charge in [-0.15, -0.1) is 0 Å². The molecule has 8 heteroatoms. The summed E-state index contributed by atoms with van der Waals surface area (Å²) in [6.07, 6.45) is 1.57. The van der Waals surface area contributed by atoms with Gasteiger partial charge in [-0.2, -0.15) is 0 Å². The van der Waals surface area contributed by atoms with Gasteiger partial charge in [0, 0.05) is 30.4 Å². The maximum atomic E-state index is 12.1. The van der Waals surface area contributed by atoms with E-state index in [0.29, 0.717) is 18.6 Å². The molecule has 0 fully saturated rings. The van der Waals surface area contributed by atoms with E-state index in [0.717, 1.165) is 23.4 Å². The number of amides is 2. The van der Waals surface area contributed by atoms with Crippen molar-refractivity contribution in [2.45, 2.75) is 53.0 Å². The molecule has 0 radical (unpaired) electrons. The Bertz CT molecular complexity index is 837. The lowest BCUT2D eigenvalue weighted by atomic mass is 10.1. The largest absolute Gasteiger partial charge is 0.354 e. The molecule has 0 saturated carbocycles. The van der Waals surface area contributed by atoms with Crippen LogP contribution in [-0.2, 0) is 16.0 Å². The number of aromatic nitrogens is 3. The number of H-pyrrole nitrogens is 1. The molecule has 0 saturated heterocycles. The Hall–Kier alpha value is -2.64. The van der Waals surface area contributed by atoms with Crippen molar-refractivity contribution >= 4 is 17.5 Å². The molecule has 25 heavy (non-hydrogen) atoms. The zero-order chi connectivity index (χ0) is 18.6. The van der Waals surface area contributed by atoms with Crippen molar-refractivity contribution in [3.63, 3.8) is 0 Å². The van der Waals surface area contributed by atoms with Crippen LogP contribution in [0.25, 0.3) is 5.65 Å². The van der Waals surface area contributed by atoms with Crippen molar-refractivity contribution in [2.24, 2.45) is 0 Å². The quantitative estimate of drug-likeness (QED) is 0.681. The van der Waals surface area contributed by atoms with Gasteiger partial charge in [0.15, 0.2) is 5.65 Å². The smallest absolute Gasteiger partial charge is 0.266 e. The molecule has 0 aliphatic rings. The predicted octanol–water partition coefficient (Wildman–Crippen LogP) is 0.603. The van der Waals surface area contributed by atoms with E-state index in [1.807, 2.05) is 20.8 Å². The van der Waals surface area contributed by atoms with Crippen molar-refractivity contribution in [1.82, 2.24) is 25.2 Å². The van der Waals surface area contributed by atoms with Crippen LogP contribution >= 0.6 is 0 Å². The predicted molar refractivity (Wildman–Crippen MR) is 94.5 cm³/mol. The SMILES string of the molecule is CCCNC(=O)C(C)NC(=O)CCc1c(C)nc2cc(=O)[nH]n2c1C. The Morgan fingerprint density at radius 1 is 1.36 bits per heavy atom. The minimum Gasteiger partial charge on any atom is -0.354 e. The fourth-order valence-electron chi connectivity index (χ4n) is 2.74. The summed E-state index contributed by atoms with van der Waals surface area (Å²) in [6, 6.07) is 0.871. The minimum atomic E-state index is -0.567. The molecule has 2 aromatic rings. The van der Waals surface area contributed by atoms with Crippen molar-refractivity contribution in [3.8, 4) is 0 Å². The highest BCUT2D eigenvalue weighted by Gasteiger charge is 2.16. The van der Waals surface area contributed by atoms with Crippen LogP contribution in [0.15, 0.2) is 10.9 Å². The average molecular weight is 347 g/mol. The minimum absolute atomic E-state index is 0.185. The second kappa shape index (κ2) is 7.96. The molecule has 0 bridgehead atoms. The van der Waals surface area contributed by atoms with Crippen molar-refractivity contribution in [1.29, 1.82) is 0 Å². The highest BCUT2D eigenvalue weighted by molar-refractivity contribution is 5.87. The third-order valence-corrected chi connectivity index (χ3v) is 4.12. The van der Waals surface area contributed by atoms with Crippen LogP contribution in [0.1, 0.15) is 43.6 Å². The van der Waals surface area contributed by atoms with Crippen LogP contribution in [0.4, 0.5) is 0 Å². The van der Waals surface area contributed by atoms with Gasteiger partial charge < -0.3 is 10.6 Å². The first-order chi connectivity index (χ1) is 11.8. The first-order valence-corrected chi connectivity index (χ1v) is 8.48. The highest BCUT2D eigenvalue weighted by Crippen LogP contribution is 2.15. The summed E-state index contributed by atoms with van der Waals surface area (Å²) in [5, 5.41) is 8.15. The number of hydrogen-bond acceptors (Lipinski definition) is 4. The molecule has 0 aliphatic heterocycles. The number of carbonyl (C=O) groups excluding carboxylic acids is 2. The Morgan fingerprint density at radius 3 is 2.76 bits per heavy atom. The maximum absolute atomic E-state index is 12.1. The fraction of sp³-hybridized carbons (Fsp3) is 0.529. The van der Waals surface area contributed by atoms with E-state index in [1.165, 1.54) is 6.07 Å². The summed E-state index contributed by atoms with van der Waals surface area (Å²) in [5.74, 6) is -0.380. The van der Waals surface area contributed by atoms with Gasteiger partial charge in [-0.1, -0.05) is 6.92 Å². The molecule has 0 spiro atoms. The lowest BCUT2D eigenvalue weighted by molar-refractivity contribution is -0.128. The number of hydrogen-bond donors (Lipinski definition) is 3. The van der Waals surface area contributed by atoms with E-state index < -0.39 is 6.04 Å². The number of aryl methyl sites for hydroxylation is 2. The van der Waals surface area contributed by atoms with Crippen LogP contribution in [0.2, 0.25) is 0 Å². The molecule has 2 heterocycles. The van der Waals surface area contributed by atoms with Crippen LogP contribution < -0.4 is 16.2 Å². The van der Waals surface area contributed by atoms with E-state index in [1.54, 1.807) is 11.4 Å². The van der Waals surface area contributed by atoms with Crippen molar-refractivity contribution < 1.29 is 9.59 Å². The fourth-order valence-corrected chi connectivity index (χ4v) is 2.74. The number of aromatic amines is 1. The van der Waals surface area contributed by atoms with E-state index in [4.69, 9.17) is 0 Å². The maximum Gasteiger partial charge on any atom is 0.266 e. The Labute approximate surface area is 146 Å². The molecule has 2 aromatic heterocycles. The Kier molecular flexibility index (Phi) is 5.95. The Morgan fingerprint density at radius 2 is 2.08 bits per heavy atom. The zero-order valence-corrected chi connectivity index (χ0v) is 15.1. The molecule has 1 atom stereocenters. The summed E-state index contributed by atoms with van der Waals surface area (Å²) >= 11 is 0. The number of nitrogens with zero attached hydrogens (tertiary/aromatic N) is 2. The summed E-state index contributed by atoms with van der Waals surface area (Å²) in [5.41, 5.74) is 2.91. The van der Waals surface area contributed by atoms with Gasteiger partial charge >= 0.3 is 0 Å². The lowest BCUT2D eigenvalue weighted by Gasteiger charge is -2.15. The number of carbonyl (C=O) groups is 2. The van der Waals surface area contributed by atoms with Crippen LogP contribution in [-0.4, -0.2) is 39.0 Å². The van der Waals surface area contributed by atoms with Gasteiger partial charge in [-0.3, -0.25) is 19.5 Å². The van der Waals surface area contributed by atoms with Gasteiger partial charge in [0.25, 0.3) is 5.56 Å². The number of rotatable bonds is 7. The van der Waals surface area contributed by atoms with Gasteiger partial charge in [-0.25, -0.2) is 9.50 Å². The topological polar surface area (TPSA) is 108 Å². The number of nitrogens with one attached hydrogen (secondary N) is 3. The summed E-state index contributed by atoms with van der Waals surface area (Å²) in [4.78, 5) is 39.8. The second-order valence-corrected chi connectivity index (χ2v) is 6.16. The molecule has 0 aromatic carbocycles. The first-order valence-electron chi connectivity index (χ1n) is 8.48. The average Bonchev–Trinajstić information content (AvgIpc) is 2.92. The lowest BCUT2D eigenvalue weighted by Crippen LogP contribution is -2.45. The van der Waals surface area contributed by atoms with Crippen LogP contribution in [0.5, 0.6) is 0 Å². The van der Waals surface area contributed by atoms with E-state index in [-0.39, 0.29) is 23.8 Å². The monoisotopic (exact) mass is 347 g/mol. The molecule has 0 aliphatic carbocycles. The molecule has 3 N–H and O–H groups in total. The van der Waals surface area contributed by atoms with E-state index in [9.17, 15) is 14.4 Å². The second-order valence-electron chi connectivity index (χ2n) is 6.16. The highest BCUT2D eigenvalue weighted by atomic mass is 16.2. The molecule has 2 rings (SSSR count). The zero-order valence-electron chi connectivity index (χ0n) is 15.1. The summed E-state index contributed by atoms with van der Waals surface area (Å²) in [7, 11) is 0. The van der Waals surface area contributed by atoms with Crippen molar-refractivity contribution in [3.05, 3.63) is 33.4 Å². The third-order valence-electron chi connectivity index (χ3n) is 4.12. The third kappa shape index (κ3) is 4.46. The number of fused-ring (bicyclic) bond motifs is 1. The van der Waals surface area contributed by atoms with E-state index >= 15 is 0 Å². The summed E-state index contributed by atoms with van der Waals surface area (Å²) < 4.78 is 1.63. The normalized spacial score (nSPS) is 12.2. The molecule has 1 unspecified atom stereocenters. The van der Waals surface area contributed by atoms with Gasteiger partial charge in [0.2, 0.25) is 11.8 Å². The van der Waals surface area contributed by atoms with Crippen LogP contribution in [0, 0.1) is 13.8 Å². The first kappa shape index (κ1) is 18.7. The van der Waals surface area contributed by atoms with Gasteiger partial charge in [0.05, 0.1) is 0 Å². The molecular weight excluding hydrogens is 322 g/mol. The molecule has 2 amide bonds. The van der Waals surface area contributed by atoms with E-state index in [2.05, 4.69) is 20.7 Å². The van der Waals surface area contributed by atoms with Gasteiger partial charge in [-0.05, 0) is 39.2 Å². The molecule has 8 nitrogen and oxygen atoms in total. The Balaban J connectivity index is 2.01. The standard InChI is InChI=1S/C17H25N5O3/c1-5-8-18-17(25)11(3)20-15(23)7-6-13-10(2)19-14-9-16(24)21-22(14)12(13)4/h9,11H,5-8H2,1-4H3,(H,18,25)(H,20,23)(H,21,24). The molecule has 136 valence electrons. The van der Waals surface area contributed by atoms with Crippen molar-refractivity contribution in [2.75, 3.05) is 6.54 Å². The molecular formula is C17H25N5O3. The summed E-state index contributed by atoms with van der Waals surface area (Å²) in [6.45, 7) is 7.97. The van der Waals surface area contributed by atoms with Gasteiger partial charge in [0.1, 0.15) is 6.04 Å².